The lowest BCUT2D eigenvalue weighted by atomic mass is 9.75. The first kappa shape index (κ1) is 15.6. The topological polar surface area (TPSA) is 72.2 Å². The Morgan fingerprint density at radius 1 is 1.40 bits per heavy atom. The first-order valence-electron chi connectivity index (χ1n) is 6.77. The van der Waals surface area contributed by atoms with Crippen LogP contribution in [0.5, 0.6) is 0 Å². The van der Waals surface area contributed by atoms with Crippen LogP contribution in [-0.2, 0) is 10.0 Å². The Bertz CT molecular complexity index is 599. The van der Waals surface area contributed by atoms with Crippen LogP contribution in [0.4, 0.5) is 5.69 Å². The molecule has 3 N–H and O–H groups in total. The molecule has 1 unspecified atom stereocenters. The normalized spacial score (nSPS) is 22.6. The summed E-state index contributed by atoms with van der Waals surface area (Å²) in [6.07, 6.45) is 3.86. The van der Waals surface area contributed by atoms with E-state index in [-0.39, 0.29) is 21.4 Å². The Morgan fingerprint density at radius 3 is 2.75 bits per heavy atom. The predicted octanol–water partition coefficient (Wildman–Crippen LogP) is 3.17. The van der Waals surface area contributed by atoms with E-state index in [1.807, 2.05) is 0 Å². The van der Waals surface area contributed by atoms with Crippen molar-refractivity contribution in [3.63, 3.8) is 0 Å². The fraction of sp³-hybridized carbons (Fsp3) is 0.571. The molecule has 0 saturated heterocycles. The van der Waals surface area contributed by atoms with Gasteiger partial charge in [0.2, 0.25) is 10.0 Å². The van der Waals surface area contributed by atoms with E-state index < -0.39 is 10.0 Å². The van der Waals surface area contributed by atoms with E-state index in [9.17, 15) is 8.42 Å². The molecule has 0 aliphatic heterocycles. The average molecular weight is 317 g/mol. The van der Waals surface area contributed by atoms with Gasteiger partial charge < -0.3 is 5.73 Å². The number of nitrogens with two attached hydrogens (primary N) is 1. The van der Waals surface area contributed by atoms with Crippen molar-refractivity contribution in [1.82, 2.24) is 4.72 Å². The van der Waals surface area contributed by atoms with E-state index in [1.165, 1.54) is 12.1 Å². The number of nitrogens with one attached hydrogen (secondary N) is 1. The summed E-state index contributed by atoms with van der Waals surface area (Å²) in [6.45, 7) is 4.34. The summed E-state index contributed by atoms with van der Waals surface area (Å²) in [4.78, 5) is 0.0579. The van der Waals surface area contributed by atoms with Gasteiger partial charge in [-0.15, -0.1) is 0 Å². The minimum Gasteiger partial charge on any atom is -0.399 e. The maximum Gasteiger partial charge on any atom is 0.242 e. The Balaban J connectivity index is 2.21. The van der Waals surface area contributed by atoms with Gasteiger partial charge >= 0.3 is 0 Å². The molecule has 4 nitrogen and oxygen atoms in total. The van der Waals surface area contributed by atoms with Crippen molar-refractivity contribution in [1.29, 1.82) is 0 Å². The van der Waals surface area contributed by atoms with Gasteiger partial charge in [-0.25, -0.2) is 13.1 Å². The second-order valence-corrected chi connectivity index (χ2v) is 8.36. The molecule has 0 amide bonds. The van der Waals surface area contributed by atoms with Crippen LogP contribution in [0.1, 0.15) is 39.5 Å². The Kier molecular flexibility index (Phi) is 4.33. The lowest BCUT2D eigenvalue weighted by Gasteiger charge is -2.35. The van der Waals surface area contributed by atoms with E-state index in [1.54, 1.807) is 6.07 Å². The summed E-state index contributed by atoms with van der Waals surface area (Å²) >= 11 is 5.98. The van der Waals surface area contributed by atoms with Crippen LogP contribution in [-0.4, -0.2) is 14.5 Å². The highest BCUT2D eigenvalue weighted by molar-refractivity contribution is 7.89. The minimum atomic E-state index is -3.63. The highest BCUT2D eigenvalue weighted by Crippen LogP contribution is 2.36. The minimum absolute atomic E-state index is 0.0405. The van der Waals surface area contributed by atoms with Crippen LogP contribution in [0.25, 0.3) is 0 Å². The van der Waals surface area contributed by atoms with Crippen molar-refractivity contribution in [2.75, 3.05) is 5.73 Å². The van der Waals surface area contributed by atoms with Gasteiger partial charge in [-0.3, -0.25) is 0 Å². The van der Waals surface area contributed by atoms with E-state index in [4.69, 9.17) is 17.3 Å². The molecule has 1 aromatic rings. The molecule has 20 heavy (non-hydrogen) atoms. The first-order valence-corrected chi connectivity index (χ1v) is 8.63. The molecule has 0 heterocycles. The molecule has 2 rings (SSSR count). The molecule has 0 spiro atoms. The average Bonchev–Trinajstić information content (AvgIpc) is 2.30. The molecule has 0 radical (unpaired) electrons. The van der Waals surface area contributed by atoms with Crippen LogP contribution in [0, 0.1) is 5.41 Å². The summed E-state index contributed by atoms with van der Waals surface area (Å²) < 4.78 is 27.6. The smallest absolute Gasteiger partial charge is 0.242 e. The molecule has 1 saturated carbocycles. The monoisotopic (exact) mass is 316 g/mol. The number of rotatable bonds is 3. The molecule has 1 aliphatic carbocycles. The summed E-state index contributed by atoms with van der Waals surface area (Å²) in [6, 6.07) is 4.46. The van der Waals surface area contributed by atoms with Crippen LogP contribution >= 0.6 is 11.6 Å². The fourth-order valence-electron chi connectivity index (χ4n) is 2.81. The zero-order valence-corrected chi connectivity index (χ0v) is 13.4. The Labute approximate surface area is 125 Å². The third-order valence-electron chi connectivity index (χ3n) is 3.77. The maximum absolute atomic E-state index is 12.4. The van der Waals surface area contributed by atoms with Crippen molar-refractivity contribution in [2.45, 2.75) is 50.5 Å². The zero-order chi connectivity index (χ0) is 15.0. The van der Waals surface area contributed by atoms with Gasteiger partial charge in [0, 0.05) is 11.7 Å². The zero-order valence-electron chi connectivity index (χ0n) is 11.8. The number of hydrogen-bond acceptors (Lipinski definition) is 3. The number of halogens is 1. The van der Waals surface area contributed by atoms with Crippen LogP contribution in [0.15, 0.2) is 23.1 Å². The van der Waals surface area contributed by atoms with Gasteiger partial charge in [-0.1, -0.05) is 31.9 Å². The molecule has 0 aromatic heterocycles. The first-order chi connectivity index (χ1) is 9.20. The molecule has 1 aliphatic rings. The van der Waals surface area contributed by atoms with Crippen molar-refractivity contribution >= 4 is 27.3 Å². The number of sulfonamides is 1. The fourth-order valence-corrected chi connectivity index (χ4v) is 4.61. The van der Waals surface area contributed by atoms with Crippen molar-refractivity contribution < 1.29 is 8.42 Å². The third kappa shape index (κ3) is 3.65. The molecule has 1 atom stereocenters. The van der Waals surface area contributed by atoms with Crippen LogP contribution < -0.4 is 10.5 Å². The van der Waals surface area contributed by atoms with Gasteiger partial charge in [0.1, 0.15) is 4.90 Å². The van der Waals surface area contributed by atoms with E-state index in [0.29, 0.717) is 5.69 Å². The molecule has 1 fully saturated rings. The predicted molar refractivity (Wildman–Crippen MR) is 82.2 cm³/mol. The molecular weight excluding hydrogens is 296 g/mol. The van der Waals surface area contributed by atoms with Crippen molar-refractivity contribution in [3.8, 4) is 0 Å². The second-order valence-electron chi connectivity index (χ2n) is 6.27. The summed E-state index contributed by atoms with van der Waals surface area (Å²) in [7, 11) is -3.63. The molecule has 0 bridgehead atoms. The van der Waals surface area contributed by atoms with Gasteiger partial charge in [0.15, 0.2) is 0 Å². The highest BCUT2D eigenvalue weighted by atomic mass is 35.5. The van der Waals surface area contributed by atoms with Crippen LogP contribution in [0.2, 0.25) is 5.02 Å². The van der Waals surface area contributed by atoms with Gasteiger partial charge in [-0.05, 0) is 42.9 Å². The van der Waals surface area contributed by atoms with Gasteiger partial charge in [0.25, 0.3) is 0 Å². The van der Waals surface area contributed by atoms with Gasteiger partial charge in [-0.2, -0.15) is 0 Å². The standard InChI is InChI=1S/C14H21ClN2O2S/c1-14(2)7-3-4-11(9-14)17-20(18,19)13-8-10(16)5-6-12(13)15/h5-6,8,11,17H,3-4,7,9,16H2,1-2H3. The van der Waals surface area contributed by atoms with Crippen molar-refractivity contribution in [2.24, 2.45) is 5.41 Å². The Hall–Kier alpha value is -0.780. The van der Waals surface area contributed by atoms with E-state index >= 15 is 0 Å². The molecule has 6 heteroatoms. The second kappa shape index (κ2) is 5.54. The Morgan fingerprint density at radius 2 is 2.10 bits per heavy atom. The summed E-state index contributed by atoms with van der Waals surface area (Å²) in [5.41, 5.74) is 6.21. The summed E-state index contributed by atoms with van der Waals surface area (Å²) in [5.74, 6) is 0. The lowest BCUT2D eigenvalue weighted by Crippen LogP contribution is -2.40. The summed E-state index contributed by atoms with van der Waals surface area (Å²) in [5, 5.41) is 0.196. The number of nitrogen functional groups attached to an aromatic ring is 1. The SMILES string of the molecule is CC1(C)CCCC(NS(=O)(=O)c2cc(N)ccc2Cl)C1. The third-order valence-corrected chi connectivity index (χ3v) is 5.77. The van der Waals surface area contributed by atoms with Gasteiger partial charge in [0.05, 0.1) is 5.02 Å². The van der Waals surface area contributed by atoms with Crippen LogP contribution in [0.3, 0.4) is 0 Å². The molecular formula is C14H21ClN2O2S. The van der Waals surface area contributed by atoms with E-state index in [0.717, 1.165) is 25.7 Å². The number of benzene rings is 1. The largest absolute Gasteiger partial charge is 0.399 e. The molecule has 112 valence electrons. The maximum atomic E-state index is 12.4. The molecule has 1 aromatic carbocycles. The van der Waals surface area contributed by atoms with Crippen molar-refractivity contribution in [3.05, 3.63) is 23.2 Å². The lowest BCUT2D eigenvalue weighted by molar-refractivity contribution is 0.212. The highest BCUT2D eigenvalue weighted by Gasteiger charge is 2.31. The number of hydrogen-bond donors (Lipinski definition) is 2. The number of anilines is 1. The van der Waals surface area contributed by atoms with E-state index in [2.05, 4.69) is 18.6 Å². The quantitative estimate of drug-likeness (QED) is 0.841.